The first-order valence-corrected chi connectivity index (χ1v) is 16.2. The lowest BCUT2D eigenvalue weighted by Crippen LogP contribution is -2.56. The summed E-state index contributed by atoms with van der Waals surface area (Å²) in [5.74, 6) is -1.82. The molecular weight excluding hydrogens is 606 g/mol. The van der Waals surface area contributed by atoms with E-state index in [4.69, 9.17) is 11.6 Å². The van der Waals surface area contributed by atoms with Gasteiger partial charge in [0.25, 0.3) is 5.91 Å². The van der Waals surface area contributed by atoms with Crippen LogP contribution in [-0.4, -0.2) is 17.6 Å². The lowest BCUT2D eigenvalue weighted by molar-refractivity contribution is -0.137. The van der Waals surface area contributed by atoms with Crippen LogP contribution in [0.3, 0.4) is 0 Å². The molecule has 232 valence electrons. The third kappa shape index (κ3) is 4.18. The second-order valence-electron chi connectivity index (χ2n) is 12.6. The molecule has 1 saturated heterocycles. The summed E-state index contributed by atoms with van der Waals surface area (Å²) in [6.45, 7) is 2.14. The van der Waals surface area contributed by atoms with Crippen molar-refractivity contribution in [2.75, 3.05) is 9.80 Å². The van der Waals surface area contributed by atoms with Crippen molar-refractivity contribution in [3.63, 3.8) is 0 Å². The van der Waals surface area contributed by atoms with Crippen molar-refractivity contribution >= 4 is 40.6 Å². The van der Waals surface area contributed by atoms with Crippen LogP contribution < -0.4 is 15.1 Å². The van der Waals surface area contributed by atoms with Gasteiger partial charge in [-0.25, -0.2) is 0 Å². The molecule has 6 nitrogen and oxygen atoms in total. The summed E-state index contributed by atoms with van der Waals surface area (Å²) in [5.41, 5.74) is 2.49. The molecule has 5 aromatic carbocycles. The average molecular weight is 638 g/mol. The first-order chi connectivity index (χ1) is 22.9. The van der Waals surface area contributed by atoms with Gasteiger partial charge in [-0.1, -0.05) is 121 Å². The fraction of sp³-hybridized carbons (Fsp3) is 0.175. The van der Waals surface area contributed by atoms with Crippen LogP contribution in [0.4, 0.5) is 11.4 Å². The lowest BCUT2D eigenvalue weighted by Gasteiger charge is -2.37. The van der Waals surface area contributed by atoms with E-state index >= 15 is 9.59 Å². The van der Waals surface area contributed by atoms with Crippen molar-refractivity contribution in [2.45, 2.75) is 37.0 Å². The normalized spacial score (nSPS) is 24.3. The number of rotatable bonds is 6. The third-order valence-electron chi connectivity index (χ3n) is 10.1. The fourth-order valence-electron chi connectivity index (χ4n) is 8.38. The van der Waals surface area contributed by atoms with Crippen LogP contribution in [0.2, 0.25) is 5.02 Å². The molecule has 7 heteroatoms. The highest BCUT2D eigenvalue weighted by Crippen LogP contribution is 2.65. The zero-order valence-electron chi connectivity index (χ0n) is 25.8. The van der Waals surface area contributed by atoms with E-state index in [1.165, 1.54) is 6.92 Å². The molecule has 5 aromatic rings. The van der Waals surface area contributed by atoms with Gasteiger partial charge in [-0.05, 0) is 53.4 Å². The van der Waals surface area contributed by atoms with Crippen LogP contribution in [0.5, 0.6) is 0 Å². The molecule has 1 fully saturated rings. The van der Waals surface area contributed by atoms with E-state index in [1.807, 2.05) is 121 Å². The minimum Gasteiger partial charge on any atom is -0.307 e. The molecule has 0 radical (unpaired) electrons. The number of carbonyl (C=O) groups excluding carboxylic acids is 3. The Labute approximate surface area is 278 Å². The summed E-state index contributed by atoms with van der Waals surface area (Å²) < 4.78 is 0. The van der Waals surface area contributed by atoms with Gasteiger partial charge in [0.05, 0.1) is 25.0 Å². The third-order valence-corrected chi connectivity index (χ3v) is 10.4. The highest BCUT2D eigenvalue weighted by molar-refractivity contribution is 6.31. The fourth-order valence-corrected chi connectivity index (χ4v) is 8.55. The molecule has 8 rings (SSSR count). The van der Waals surface area contributed by atoms with Gasteiger partial charge in [-0.3, -0.25) is 19.7 Å². The summed E-state index contributed by atoms with van der Waals surface area (Å²) in [6, 6.07) is 41.7. The Morgan fingerprint density at radius 2 is 1.21 bits per heavy atom. The Hall–Kier alpha value is -5.04. The lowest BCUT2D eigenvalue weighted by atomic mass is 9.60. The Balaban J connectivity index is 1.40. The van der Waals surface area contributed by atoms with Gasteiger partial charge in [-0.2, -0.15) is 0 Å². The van der Waals surface area contributed by atoms with Crippen LogP contribution in [0, 0.1) is 5.92 Å². The Bertz CT molecular complexity index is 2040. The molecule has 4 unspecified atom stereocenters. The van der Waals surface area contributed by atoms with Crippen molar-refractivity contribution in [3.8, 4) is 0 Å². The number of ketones is 1. The topological polar surface area (TPSA) is 69.7 Å². The summed E-state index contributed by atoms with van der Waals surface area (Å²) in [6.07, 6.45) is 0. The Morgan fingerprint density at radius 3 is 1.83 bits per heavy atom. The van der Waals surface area contributed by atoms with Crippen molar-refractivity contribution in [2.24, 2.45) is 5.92 Å². The van der Waals surface area contributed by atoms with Gasteiger partial charge in [0.1, 0.15) is 16.7 Å². The summed E-state index contributed by atoms with van der Waals surface area (Å²) in [7, 11) is 0. The number of anilines is 2. The number of fused-ring (bicyclic) bond motifs is 4. The first-order valence-electron chi connectivity index (χ1n) is 15.8. The standard InChI is InChI=1S/C40H32ClN3O3/c1-26(45)35-39(31-19-11-12-20-33(31)43(37(39)46)24-27-13-5-2-6-14-27)36(29-17-9-4-10-18-29)42-40(35)32-23-30(41)21-22-34(32)44(38(40)47)25-28-15-7-3-8-16-28/h2-23,35-36,42H,24-25H2,1H3. The van der Waals surface area contributed by atoms with Crippen LogP contribution in [0.15, 0.2) is 133 Å². The number of hydrogen-bond acceptors (Lipinski definition) is 4. The summed E-state index contributed by atoms with van der Waals surface area (Å²) in [4.78, 5) is 48.7. The Kier molecular flexibility index (Phi) is 6.90. The van der Waals surface area contributed by atoms with E-state index < -0.39 is 22.9 Å². The van der Waals surface area contributed by atoms with Gasteiger partial charge < -0.3 is 9.80 Å². The van der Waals surface area contributed by atoms with E-state index in [1.54, 1.807) is 21.9 Å². The number of amides is 2. The molecule has 3 aliphatic heterocycles. The molecule has 1 N–H and O–H groups in total. The quantitative estimate of drug-likeness (QED) is 0.215. The van der Waals surface area contributed by atoms with Crippen molar-refractivity contribution in [3.05, 3.63) is 166 Å². The second kappa shape index (κ2) is 11.0. The minimum absolute atomic E-state index is 0.209. The number of hydrogen-bond donors (Lipinski definition) is 1. The molecule has 0 bridgehead atoms. The first kappa shape index (κ1) is 29.4. The Morgan fingerprint density at radius 1 is 0.681 bits per heavy atom. The summed E-state index contributed by atoms with van der Waals surface area (Å²) >= 11 is 6.68. The molecule has 3 aliphatic rings. The molecule has 0 aromatic heterocycles. The van der Waals surface area contributed by atoms with E-state index in [0.29, 0.717) is 29.4 Å². The smallest absolute Gasteiger partial charge is 0.253 e. The van der Waals surface area contributed by atoms with Gasteiger partial charge in [0.15, 0.2) is 0 Å². The van der Waals surface area contributed by atoms with Crippen molar-refractivity contribution < 1.29 is 14.4 Å². The van der Waals surface area contributed by atoms with Crippen LogP contribution in [0.25, 0.3) is 0 Å². The van der Waals surface area contributed by atoms with Crippen molar-refractivity contribution in [1.82, 2.24) is 5.32 Å². The number of halogens is 1. The van der Waals surface area contributed by atoms with Crippen LogP contribution in [-0.2, 0) is 38.4 Å². The maximum atomic E-state index is 15.5. The highest BCUT2D eigenvalue weighted by Gasteiger charge is 2.76. The number of nitrogens with zero attached hydrogens (tertiary/aromatic N) is 2. The largest absolute Gasteiger partial charge is 0.307 e. The van der Waals surface area contributed by atoms with Crippen LogP contribution in [0.1, 0.15) is 40.8 Å². The van der Waals surface area contributed by atoms with Gasteiger partial charge in [0.2, 0.25) is 5.91 Å². The molecule has 0 aliphatic carbocycles. The van der Waals surface area contributed by atoms with E-state index in [-0.39, 0.29) is 17.6 Å². The average Bonchev–Trinajstić information content (AvgIpc) is 3.64. The molecule has 2 spiro atoms. The SMILES string of the molecule is CC(=O)C1C2(NC(c3ccccc3)C13C(=O)N(Cc1ccccc1)c1ccccc13)C(=O)N(Cc1ccccc1)c1ccc(Cl)cc12. The second-order valence-corrected chi connectivity index (χ2v) is 13.1. The molecule has 2 amide bonds. The number of carbonyl (C=O) groups is 3. The predicted molar refractivity (Wildman–Crippen MR) is 183 cm³/mol. The van der Waals surface area contributed by atoms with E-state index in [2.05, 4.69) is 5.32 Å². The maximum absolute atomic E-state index is 15.5. The molecule has 4 atom stereocenters. The van der Waals surface area contributed by atoms with E-state index in [0.717, 1.165) is 27.9 Å². The van der Waals surface area contributed by atoms with E-state index in [9.17, 15) is 4.79 Å². The van der Waals surface area contributed by atoms with Gasteiger partial charge in [-0.15, -0.1) is 0 Å². The molecular formula is C40H32ClN3O3. The number of Topliss-reactive ketones (excluding diaryl/α,β-unsaturated/α-hetero) is 1. The predicted octanol–water partition coefficient (Wildman–Crippen LogP) is 7.12. The maximum Gasteiger partial charge on any atom is 0.253 e. The summed E-state index contributed by atoms with van der Waals surface area (Å²) in [5, 5.41) is 4.18. The zero-order chi connectivity index (χ0) is 32.3. The molecule has 47 heavy (non-hydrogen) atoms. The van der Waals surface area contributed by atoms with Crippen LogP contribution >= 0.6 is 11.6 Å². The number of nitrogens with one attached hydrogen (secondary N) is 1. The number of benzene rings is 5. The zero-order valence-corrected chi connectivity index (χ0v) is 26.5. The molecule has 0 saturated carbocycles. The van der Waals surface area contributed by atoms with Crippen molar-refractivity contribution in [1.29, 1.82) is 0 Å². The molecule has 3 heterocycles. The monoisotopic (exact) mass is 637 g/mol. The number of para-hydroxylation sites is 1. The van der Waals surface area contributed by atoms with Gasteiger partial charge >= 0.3 is 0 Å². The minimum atomic E-state index is -1.56. The van der Waals surface area contributed by atoms with Gasteiger partial charge in [0, 0.05) is 22.0 Å². The highest BCUT2D eigenvalue weighted by atomic mass is 35.5.